The number of aromatic hydroxyl groups is 1. The molecular weight excluding hydrogens is 406 g/mol. The first-order chi connectivity index (χ1) is 14.2. The van der Waals surface area contributed by atoms with Gasteiger partial charge in [-0.05, 0) is 30.5 Å². The Labute approximate surface area is 176 Å². The molecule has 1 amide bonds. The molecule has 30 heavy (non-hydrogen) atoms. The summed E-state index contributed by atoms with van der Waals surface area (Å²) in [6, 6.07) is 8.18. The van der Waals surface area contributed by atoms with E-state index in [1.165, 1.54) is 35.4 Å². The summed E-state index contributed by atoms with van der Waals surface area (Å²) in [6.07, 6.45) is 0. The molecule has 9 nitrogen and oxygen atoms in total. The normalized spacial score (nSPS) is 11.7. The summed E-state index contributed by atoms with van der Waals surface area (Å²) in [6.45, 7) is 1.88. The van der Waals surface area contributed by atoms with Crippen LogP contribution < -0.4 is 21.8 Å². The maximum atomic E-state index is 12.8. The molecule has 0 saturated carbocycles. The first-order valence-electron chi connectivity index (χ1n) is 9.14. The first-order valence-corrected chi connectivity index (χ1v) is 10.0. The van der Waals surface area contributed by atoms with Gasteiger partial charge in [-0.15, -0.1) is 11.3 Å². The molecule has 0 fully saturated rings. The van der Waals surface area contributed by atoms with Gasteiger partial charge in [-0.3, -0.25) is 24.2 Å². The van der Waals surface area contributed by atoms with Gasteiger partial charge in [-0.25, -0.2) is 0 Å². The minimum Gasteiger partial charge on any atom is -0.505 e. The average Bonchev–Trinajstić information content (AvgIpc) is 3.24. The van der Waals surface area contributed by atoms with E-state index in [9.17, 15) is 19.5 Å². The molecule has 4 N–H and O–H groups in total. The van der Waals surface area contributed by atoms with E-state index in [1.807, 2.05) is 24.4 Å². The number of rotatable bonds is 6. The highest BCUT2D eigenvalue weighted by Gasteiger charge is 2.21. The number of phenolic OH excluding ortho intramolecular Hbond substituents is 1. The summed E-state index contributed by atoms with van der Waals surface area (Å²) >= 11 is 1.52. The highest BCUT2D eigenvalue weighted by Crippen LogP contribution is 2.32. The fourth-order valence-corrected chi connectivity index (χ4v) is 3.65. The Kier molecular flexibility index (Phi) is 5.97. The first kappa shape index (κ1) is 21.2. The van der Waals surface area contributed by atoms with E-state index in [4.69, 9.17) is 0 Å². The lowest BCUT2D eigenvalue weighted by molar-refractivity contribution is 0.0824. The van der Waals surface area contributed by atoms with Crippen molar-refractivity contribution in [2.24, 2.45) is 7.05 Å². The van der Waals surface area contributed by atoms with Gasteiger partial charge in [-0.1, -0.05) is 12.1 Å². The Morgan fingerprint density at radius 1 is 1.20 bits per heavy atom. The van der Waals surface area contributed by atoms with Crippen molar-refractivity contribution in [1.82, 2.24) is 14.7 Å². The minimum atomic E-state index is -0.501. The number of carbonyl (C=O) groups excluding carboxylic acids is 1. The summed E-state index contributed by atoms with van der Waals surface area (Å²) in [7, 11) is 4.57. The molecule has 0 saturated heterocycles. The molecule has 0 aliphatic rings. The number of carbonyl (C=O) groups is 1. The van der Waals surface area contributed by atoms with Crippen molar-refractivity contribution < 1.29 is 9.90 Å². The zero-order chi connectivity index (χ0) is 22.0. The van der Waals surface area contributed by atoms with Crippen molar-refractivity contribution >= 4 is 34.3 Å². The lowest BCUT2D eigenvalue weighted by Gasteiger charge is -2.19. The lowest BCUT2D eigenvalue weighted by atomic mass is 10.1. The van der Waals surface area contributed by atoms with E-state index in [1.54, 1.807) is 20.2 Å². The minimum absolute atomic E-state index is 0.0330. The highest BCUT2D eigenvalue weighted by molar-refractivity contribution is 7.10. The van der Waals surface area contributed by atoms with Crippen LogP contribution in [0.1, 0.15) is 28.2 Å². The predicted octanol–water partition coefficient (Wildman–Crippen LogP) is 2.46. The van der Waals surface area contributed by atoms with E-state index < -0.39 is 11.1 Å². The molecule has 2 heterocycles. The molecule has 2 aromatic heterocycles. The molecule has 0 aliphatic carbocycles. The molecule has 0 radical (unpaired) electrons. The summed E-state index contributed by atoms with van der Waals surface area (Å²) in [5, 5.41) is 20.9. The van der Waals surface area contributed by atoms with Crippen LogP contribution in [0.2, 0.25) is 0 Å². The largest absolute Gasteiger partial charge is 0.505 e. The van der Waals surface area contributed by atoms with Gasteiger partial charge in [0.2, 0.25) is 0 Å². The van der Waals surface area contributed by atoms with E-state index in [0.29, 0.717) is 0 Å². The number of benzene rings is 1. The number of nitrogens with zero attached hydrogens (tertiary/aromatic N) is 2. The lowest BCUT2D eigenvalue weighted by Crippen LogP contribution is -2.32. The number of para-hydroxylation sites is 1. The number of thiophene rings is 1. The topological polar surface area (TPSA) is 119 Å². The zero-order valence-corrected chi connectivity index (χ0v) is 17.8. The molecule has 1 aromatic carbocycles. The van der Waals surface area contributed by atoms with Crippen molar-refractivity contribution in [3.05, 3.63) is 66.9 Å². The van der Waals surface area contributed by atoms with Crippen molar-refractivity contribution in [1.29, 1.82) is 0 Å². The summed E-state index contributed by atoms with van der Waals surface area (Å²) in [5.74, 6) is -0.699. The van der Waals surface area contributed by atoms with Crippen molar-refractivity contribution in [2.45, 2.75) is 13.0 Å². The monoisotopic (exact) mass is 429 g/mol. The number of aromatic amines is 1. The Morgan fingerprint density at radius 2 is 1.93 bits per heavy atom. The Balaban J connectivity index is 2.06. The maximum Gasteiger partial charge on any atom is 0.290 e. The van der Waals surface area contributed by atoms with Gasteiger partial charge < -0.3 is 20.6 Å². The number of nitrogens with one attached hydrogen (secondary N) is 3. The number of phenols is 1. The Morgan fingerprint density at radius 3 is 2.57 bits per heavy atom. The molecule has 10 heteroatoms. The third-order valence-electron chi connectivity index (χ3n) is 4.53. The van der Waals surface area contributed by atoms with Crippen LogP contribution in [0, 0.1) is 0 Å². The number of aryl methyl sites for hydroxylation is 1. The van der Waals surface area contributed by atoms with Crippen molar-refractivity contribution in [3.8, 4) is 5.75 Å². The molecule has 3 aromatic rings. The Bertz CT molecular complexity index is 1180. The fraction of sp³-hybridized carbons (Fsp3) is 0.250. The van der Waals surface area contributed by atoms with Gasteiger partial charge in [0.1, 0.15) is 11.4 Å². The highest BCUT2D eigenvalue weighted by atomic mass is 32.1. The molecule has 158 valence electrons. The molecule has 0 aliphatic heterocycles. The van der Waals surface area contributed by atoms with Crippen LogP contribution in [0.15, 0.2) is 45.3 Å². The van der Waals surface area contributed by atoms with Crippen molar-refractivity contribution in [3.63, 3.8) is 0 Å². The number of hydrogen-bond acceptors (Lipinski definition) is 7. The van der Waals surface area contributed by atoms with Crippen molar-refractivity contribution in [2.75, 3.05) is 24.7 Å². The number of H-pyrrole nitrogens is 1. The summed E-state index contributed by atoms with van der Waals surface area (Å²) < 4.78 is 1.05. The van der Waals surface area contributed by atoms with Gasteiger partial charge in [0.05, 0.1) is 17.3 Å². The second-order valence-electron chi connectivity index (χ2n) is 6.96. The van der Waals surface area contributed by atoms with E-state index in [0.717, 1.165) is 9.56 Å². The predicted molar refractivity (Wildman–Crippen MR) is 118 cm³/mol. The van der Waals surface area contributed by atoms with E-state index in [-0.39, 0.29) is 40.3 Å². The molecule has 3 rings (SSSR count). The van der Waals surface area contributed by atoms with Gasteiger partial charge >= 0.3 is 0 Å². The smallest absolute Gasteiger partial charge is 0.290 e. The fourth-order valence-electron chi connectivity index (χ4n) is 2.92. The molecule has 0 spiro atoms. The quantitative estimate of drug-likeness (QED) is 0.447. The standard InChI is InChI=1S/C20H23N5O4S/c1-11(14-9-6-10-30-14)21-15-16(20(29)25(4)23-18(15)27)22-13-8-5-7-12(17(13)26)19(28)24(2)3/h5-11,21-22,26H,1-4H3,(H,23,27). The van der Waals surface area contributed by atoms with E-state index >= 15 is 0 Å². The number of aromatic nitrogens is 2. The van der Waals surface area contributed by atoms with Crippen LogP contribution >= 0.6 is 11.3 Å². The van der Waals surface area contributed by atoms with Crippen LogP contribution in [0.4, 0.5) is 17.1 Å². The number of anilines is 3. The van der Waals surface area contributed by atoms with Crippen LogP contribution in [0.25, 0.3) is 0 Å². The zero-order valence-electron chi connectivity index (χ0n) is 17.0. The number of amides is 1. The molecular formula is C20H23N5O4S. The van der Waals surface area contributed by atoms with Crippen LogP contribution in [-0.2, 0) is 7.05 Å². The van der Waals surface area contributed by atoms with Gasteiger partial charge in [0.25, 0.3) is 17.0 Å². The molecule has 1 atom stereocenters. The van der Waals surface area contributed by atoms with Crippen LogP contribution in [-0.4, -0.2) is 39.8 Å². The van der Waals surface area contributed by atoms with Crippen LogP contribution in [0.3, 0.4) is 0 Å². The Hall–Kier alpha value is -3.53. The number of hydrogen-bond donors (Lipinski definition) is 4. The van der Waals surface area contributed by atoms with Crippen LogP contribution in [0.5, 0.6) is 5.75 Å². The SMILES string of the molecule is CC(Nc1c(Nc2cccc(C(=O)N(C)C)c2O)c(=O)n(C)[nH]c1=O)c1cccs1. The second kappa shape index (κ2) is 8.46. The molecule has 1 unspecified atom stereocenters. The van der Waals surface area contributed by atoms with Gasteiger partial charge in [0, 0.05) is 26.0 Å². The third-order valence-corrected chi connectivity index (χ3v) is 5.58. The molecule has 0 bridgehead atoms. The van der Waals surface area contributed by atoms with Gasteiger partial charge in [0.15, 0.2) is 5.75 Å². The third kappa shape index (κ3) is 4.08. The van der Waals surface area contributed by atoms with Gasteiger partial charge in [-0.2, -0.15) is 0 Å². The average molecular weight is 430 g/mol. The summed E-state index contributed by atoms with van der Waals surface area (Å²) in [4.78, 5) is 40.0. The maximum absolute atomic E-state index is 12.8. The van der Waals surface area contributed by atoms with E-state index in [2.05, 4.69) is 15.7 Å². The summed E-state index contributed by atoms with van der Waals surface area (Å²) in [5.41, 5.74) is -0.773. The second-order valence-corrected chi connectivity index (χ2v) is 7.94.